The van der Waals surface area contributed by atoms with E-state index in [0.29, 0.717) is 16.9 Å². The highest BCUT2D eigenvalue weighted by atomic mass is 16.6. The molecule has 104 valence electrons. The Kier molecular flexibility index (Phi) is 4.25. The summed E-state index contributed by atoms with van der Waals surface area (Å²) in [5.41, 5.74) is 0.974. The van der Waals surface area contributed by atoms with Crippen molar-refractivity contribution in [3.8, 4) is 5.95 Å². The average molecular weight is 272 g/mol. The first-order valence-electron chi connectivity index (χ1n) is 6.20. The van der Waals surface area contributed by atoms with E-state index in [1.165, 1.54) is 7.11 Å². The standard InChI is InChI=1S/C16H16O4/c1-11-14(20-16(18-3)12(2)15(11)17)9-5-4-7-13-8-6-10-19-13/h4-10H,1-3H3/b7-4+,9-5+. The van der Waals surface area contributed by atoms with Crippen molar-refractivity contribution in [2.45, 2.75) is 13.8 Å². The summed E-state index contributed by atoms with van der Waals surface area (Å²) in [5.74, 6) is 1.49. The number of hydrogen-bond donors (Lipinski definition) is 0. The molecule has 2 aromatic rings. The van der Waals surface area contributed by atoms with Crippen LogP contribution in [-0.4, -0.2) is 7.11 Å². The Balaban J connectivity index is 2.25. The second kappa shape index (κ2) is 6.10. The first-order chi connectivity index (χ1) is 9.63. The van der Waals surface area contributed by atoms with E-state index < -0.39 is 0 Å². The highest BCUT2D eigenvalue weighted by Crippen LogP contribution is 2.19. The van der Waals surface area contributed by atoms with Crippen LogP contribution in [0.2, 0.25) is 0 Å². The molecule has 0 N–H and O–H groups in total. The topological polar surface area (TPSA) is 52.6 Å². The Bertz CT molecular complexity index is 688. The van der Waals surface area contributed by atoms with Crippen LogP contribution in [0.4, 0.5) is 0 Å². The monoisotopic (exact) mass is 272 g/mol. The second-order valence-corrected chi connectivity index (χ2v) is 4.27. The number of hydrogen-bond acceptors (Lipinski definition) is 4. The maximum atomic E-state index is 12.0. The van der Waals surface area contributed by atoms with Crippen LogP contribution >= 0.6 is 0 Å². The summed E-state index contributed by atoms with van der Waals surface area (Å²) in [7, 11) is 1.48. The molecule has 0 aliphatic heterocycles. The molecule has 0 bridgehead atoms. The van der Waals surface area contributed by atoms with E-state index >= 15 is 0 Å². The van der Waals surface area contributed by atoms with Crippen LogP contribution < -0.4 is 10.2 Å². The minimum atomic E-state index is -0.0669. The molecular formula is C16H16O4. The molecule has 0 unspecified atom stereocenters. The molecule has 0 amide bonds. The summed E-state index contributed by atoms with van der Waals surface area (Å²) in [5, 5.41) is 0. The minimum absolute atomic E-state index is 0.0669. The predicted molar refractivity (Wildman–Crippen MR) is 77.8 cm³/mol. The van der Waals surface area contributed by atoms with Gasteiger partial charge in [-0.1, -0.05) is 12.2 Å². The van der Waals surface area contributed by atoms with Gasteiger partial charge in [-0.05, 0) is 38.1 Å². The van der Waals surface area contributed by atoms with Gasteiger partial charge >= 0.3 is 0 Å². The first-order valence-corrected chi connectivity index (χ1v) is 6.20. The van der Waals surface area contributed by atoms with E-state index in [0.717, 1.165) is 5.76 Å². The SMILES string of the molecule is COc1oc(/C=C/C=C/c2ccco2)c(C)c(=O)c1C. The van der Waals surface area contributed by atoms with Gasteiger partial charge in [0.2, 0.25) is 0 Å². The summed E-state index contributed by atoms with van der Waals surface area (Å²) in [4.78, 5) is 12.0. The molecule has 4 heteroatoms. The molecule has 0 aliphatic rings. The van der Waals surface area contributed by atoms with Crippen molar-refractivity contribution in [2.24, 2.45) is 0 Å². The fourth-order valence-electron chi connectivity index (χ4n) is 1.77. The van der Waals surface area contributed by atoms with Crippen LogP contribution in [0.3, 0.4) is 0 Å². The van der Waals surface area contributed by atoms with Gasteiger partial charge in [0.25, 0.3) is 5.95 Å². The number of methoxy groups -OCH3 is 1. The zero-order valence-corrected chi connectivity index (χ0v) is 11.7. The second-order valence-electron chi connectivity index (χ2n) is 4.27. The lowest BCUT2D eigenvalue weighted by Gasteiger charge is -2.06. The maximum Gasteiger partial charge on any atom is 0.291 e. The molecule has 20 heavy (non-hydrogen) atoms. The Labute approximate surface area is 117 Å². The van der Waals surface area contributed by atoms with Crippen LogP contribution in [0.5, 0.6) is 5.95 Å². The molecule has 2 rings (SSSR count). The van der Waals surface area contributed by atoms with E-state index in [-0.39, 0.29) is 11.4 Å². The van der Waals surface area contributed by atoms with Crippen molar-refractivity contribution >= 4 is 12.2 Å². The molecule has 0 radical (unpaired) electrons. The number of allylic oxidation sites excluding steroid dienone is 2. The van der Waals surface area contributed by atoms with Gasteiger partial charge in [-0.3, -0.25) is 4.79 Å². The van der Waals surface area contributed by atoms with Crippen LogP contribution in [-0.2, 0) is 0 Å². The first kappa shape index (κ1) is 13.9. The molecule has 4 nitrogen and oxygen atoms in total. The molecule has 0 spiro atoms. The highest BCUT2D eigenvalue weighted by molar-refractivity contribution is 5.54. The summed E-state index contributed by atoms with van der Waals surface area (Å²) >= 11 is 0. The van der Waals surface area contributed by atoms with Crippen LogP contribution in [0.1, 0.15) is 22.6 Å². The quantitative estimate of drug-likeness (QED) is 0.798. The zero-order valence-electron chi connectivity index (χ0n) is 11.7. The van der Waals surface area contributed by atoms with Gasteiger partial charge in [-0.15, -0.1) is 0 Å². The molecule has 0 fully saturated rings. The lowest BCUT2D eigenvalue weighted by Crippen LogP contribution is -2.11. The number of furan rings is 1. The van der Waals surface area contributed by atoms with Gasteiger partial charge in [0.15, 0.2) is 5.43 Å². The fourth-order valence-corrected chi connectivity index (χ4v) is 1.77. The summed E-state index contributed by atoms with van der Waals surface area (Å²) in [6.45, 7) is 3.41. The third kappa shape index (κ3) is 2.91. The third-order valence-electron chi connectivity index (χ3n) is 2.91. The van der Waals surface area contributed by atoms with Crippen molar-refractivity contribution in [3.05, 3.63) is 63.4 Å². The Morgan fingerprint density at radius 2 is 1.90 bits per heavy atom. The largest absolute Gasteiger partial charge is 0.468 e. The summed E-state index contributed by atoms with van der Waals surface area (Å²) in [6.07, 6.45) is 8.73. The fraction of sp³-hybridized carbons (Fsp3) is 0.188. The van der Waals surface area contributed by atoms with Crippen molar-refractivity contribution in [1.82, 2.24) is 0 Å². The van der Waals surface area contributed by atoms with Crippen LogP contribution in [0.15, 0.2) is 44.2 Å². The Hall–Kier alpha value is -2.49. The number of ether oxygens (including phenoxy) is 1. The summed E-state index contributed by atoms with van der Waals surface area (Å²) in [6, 6.07) is 3.67. The smallest absolute Gasteiger partial charge is 0.291 e. The average Bonchev–Trinajstić information content (AvgIpc) is 2.96. The predicted octanol–water partition coefficient (Wildman–Crippen LogP) is 3.58. The van der Waals surface area contributed by atoms with Gasteiger partial charge in [-0.25, -0.2) is 0 Å². The third-order valence-corrected chi connectivity index (χ3v) is 2.91. The van der Waals surface area contributed by atoms with Gasteiger partial charge < -0.3 is 13.6 Å². The van der Waals surface area contributed by atoms with Gasteiger partial charge in [0, 0.05) is 5.56 Å². The molecular weight excluding hydrogens is 256 g/mol. The van der Waals surface area contributed by atoms with E-state index in [9.17, 15) is 4.79 Å². The normalized spacial score (nSPS) is 11.6. The Morgan fingerprint density at radius 3 is 2.55 bits per heavy atom. The molecule has 0 saturated heterocycles. The van der Waals surface area contributed by atoms with Crippen LogP contribution in [0.25, 0.3) is 12.2 Å². The molecule has 2 heterocycles. The number of rotatable bonds is 4. The lowest BCUT2D eigenvalue weighted by molar-refractivity contribution is 0.289. The van der Waals surface area contributed by atoms with Crippen molar-refractivity contribution in [1.29, 1.82) is 0 Å². The van der Waals surface area contributed by atoms with Gasteiger partial charge in [0.05, 0.1) is 18.9 Å². The molecule has 0 aliphatic carbocycles. The van der Waals surface area contributed by atoms with Gasteiger partial charge in [0.1, 0.15) is 11.5 Å². The lowest BCUT2D eigenvalue weighted by atomic mass is 10.1. The van der Waals surface area contributed by atoms with E-state index in [4.69, 9.17) is 13.6 Å². The zero-order chi connectivity index (χ0) is 14.5. The van der Waals surface area contributed by atoms with E-state index in [2.05, 4.69) is 0 Å². The van der Waals surface area contributed by atoms with Crippen molar-refractivity contribution in [3.63, 3.8) is 0 Å². The Morgan fingerprint density at radius 1 is 1.15 bits per heavy atom. The van der Waals surface area contributed by atoms with Crippen molar-refractivity contribution in [2.75, 3.05) is 7.11 Å². The van der Waals surface area contributed by atoms with E-state index in [1.807, 2.05) is 24.3 Å². The molecule has 2 aromatic heterocycles. The van der Waals surface area contributed by atoms with Crippen molar-refractivity contribution < 1.29 is 13.6 Å². The molecule has 0 aromatic carbocycles. The molecule has 0 saturated carbocycles. The van der Waals surface area contributed by atoms with E-state index in [1.54, 1.807) is 32.3 Å². The molecule has 0 atom stereocenters. The summed E-state index contributed by atoms with van der Waals surface area (Å²) < 4.78 is 15.8. The van der Waals surface area contributed by atoms with Gasteiger partial charge in [-0.2, -0.15) is 0 Å². The maximum absolute atomic E-state index is 12.0. The highest BCUT2D eigenvalue weighted by Gasteiger charge is 2.11. The van der Waals surface area contributed by atoms with Crippen LogP contribution in [0, 0.1) is 13.8 Å². The minimum Gasteiger partial charge on any atom is -0.468 e.